The van der Waals surface area contributed by atoms with E-state index in [1.807, 2.05) is 30.5 Å². The molecule has 1 aliphatic heterocycles. The van der Waals surface area contributed by atoms with E-state index in [0.717, 1.165) is 5.56 Å². The van der Waals surface area contributed by atoms with Crippen molar-refractivity contribution in [2.75, 3.05) is 10.0 Å². The maximum atomic E-state index is 13.0. The Labute approximate surface area is 197 Å². The van der Waals surface area contributed by atoms with Gasteiger partial charge in [0.1, 0.15) is 0 Å². The van der Waals surface area contributed by atoms with Gasteiger partial charge in [-0.3, -0.25) is 14.5 Å². The number of nitrogens with one attached hydrogen (secondary N) is 2. The standard InChI is InChI=1S/C22H25ClN4O3S2/c1-21(2,18-13-31-20(26-18)27-32(29,30)22(3)8-9-22)19(28)25-17-6-4-14(5-7-17)15-10-16(23)12-24-11-15/h4-7,11-13,15H,8-10H2,1-3H3,(H,25,28)(H,26,27). The zero-order chi connectivity index (χ0) is 23.1. The van der Waals surface area contributed by atoms with Crippen molar-refractivity contribution < 1.29 is 13.2 Å². The van der Waals surface area contributed by atoms with Crippen LogP contribution in [0.25, 0.3) is 0 Å². The number of allylic oxidation sites excluding steroid dienone is 1. The zero-order valence-corrected chi connectivity index (χ0v) is 20.4. The van der Waals surface area contributed by atoms with E-state index in [1.54, 1.807) is 32.4 Å². The maximum Gasteiger partial charge on any atom is 0.239 e. The van der Waals surface area contributed by atoms with Crippen molar-refractivity contribution in [1.82, 2.24) is 4.98 Å². The van der Waals surface area contributed by atoms with Crippen molar-refractivity contribution in [3.05, 3.63) is 52.1 Å². The number of hydrogen-bond donors (Lipinski definition) is 2. The molecule has 2 heterocycles. The number of nitrogens with zero attached hydrogens (tertiary/aromatic N) is 2. The lowest BCUT2D eigenvalue weighted by Crippen LogP contribution is -2.35. The third-order valence-corrected chi connectivity index (χ3v) is 9.34. The van der Waals surface area contributed by atoms with E-state index in [0.29, 0.717) is 35.7 Å². The topological polar surface area (TPSA) is 101 Å². The van der Waals surface area contributed by atoms with E-state index >= 15 is 0 Å². The molecule has 1 aromatic heterocycles. The normalized spacial score (nSPS) is 19.9. The second-order valence-electron chi connectivity index (χ2n) is 8.98. The highest BCUT2D eigenvalue weighted by molar-refractivity contribution is 7.94. The Morgan fingerprint density at radius 2 is 1.94 bits per heavy atom. The van der Waals surface area contributed by atoms with Crippen LogP contribution in [-0.4, -0.2) is 30.3 Å². The monoisotopic (exact) mass is 492 g/mol. The number of aliphatic imine (C=N–C) groups is 1. The van der Waals surface area contributed by atoms with Gasteiger partial charge in [0.05, 0.1) is 15.9 Å². The number of aromatic nitrogens is 1. The summed E-state index contributed by atoms with van der Waals surface area (Å²) in [7, 11) is -3.48. The number of hydrogen-bond acceptors (Lipinski definition) is 6. The van der Waals surface area contributed by atoms with Gasteiger partial charge in [0.2, 0.25) is 15.9 Å². The van der Waals surface area contributed by atoms with Crippen LogP contribution >= 0.6 is 22.9 Å². The average molecular weight is 493 g/mol. The van der Waals surface area contributed by atoms with E-state index in [1.165, 1.54) is 11.3 Å². The highest BCUT2D eigenvalue weighted by Crippen LogP contribution is 2.43. The Hall–Kier alpha value is -2.23. The molecule has 2 N–H and O–H groups in total. The first-order chi connectivity index (χ1) is 15.0. The number of anilines is 2. The molecule has 2 aliphatic rings. The van der Waals surface area contributed by atoms with Gasteiger partial charge < -0.3 is 5.32 Å². The number of carbonyl (C=O) groups is 1. The summed E-state index contributed by atoms with van der Waals surface area (Å²) in [4.78, 5) is 21.5. The van der Waals surface area contributed by atoms with E-state index in [-0.39, 0.29) is 17.0 Å². The van der Waals surface area contributed by atoms with Gasteiger partial charge in [0, 0.05) is 34.4 Å². The predicted octanol–water partition coefficient (Wildman–Crippen LogP) is 4.99. The summed E-state index contributed by atoms with van der Waals surface area (Å²) in [6.07, 6.45) is 5.50. The summed E-state index contributed by atoms with van der Waals surface area (Å²) in [5, 5.41) is 5.64. The molecule has 0 radical (unpaired) electrons. The summed E-state index contributed by atoms with van der Waals surface area (Å²) in [6.45, 7) is 5.25. The number of benzene rings is 1. The minimum absolute atomic E-state index is 0.115. The van der Waals surface area contributed by atoms with Gasteiger partial charge in [-0.15, -0.1) is 11.3 Å². The summed E-state index contributed by atoms with van der Waals surface area (Å²) in [6, 6.07) is 7.59. The second-order valence-corrected chi connectivity index (χ2v) is 12.5. The Morgan fingerprint density at radius 1 is 1.25 bits per heavy atom. The average Bonchev–Trinajstić information content (AvgIpc) is 3.33. The van der Waals surface area contributed by atoms with Crippen LogP contribution in [-0.2, 0) is 20.2 Å². The largest absolute Gasteiger partial charge is 0.325 e. The zero-order valence-electron chi connectivity index (χ0n) is 18.1. The fourth-order valence-corrected chi connectivity index (χ4v) is 5.88. The number of carbonyl (C=O) groups excluding carboxylic acids is 1. The van der Waals surface area contributed by atoms with Gasteiger partial charge in [0.15, 0.2) is 5.13 Å². The second kappa shape index (κ2) is 8.28. The molecule has 1 amide bonds. The molecule has 7 nitrogen and oxygen atoms in total. The van der Waals surface area contributed by atoms with Crippen molar-refractivity contribution in [1.29, 1.82) is 0 Å². The lowest BCUT2D eigenvalue weighted by Gasteiger charge is -2.22. The molecule has 1 aliphatic carbocycles. The van der Waals surface area contributed by atoms with Crippen LogP contribution in [0.15, 0.2) is 45.9 Å². The lowest BCUT2D eigenvalue weighted by molar-refractivity contribution is -0.120. The molecule has 1 atom stereocenters. The fraction of sp³-hybridized carbons (Fsp3) is 0.409. The van der Waals surface area contributed by atoms with Crippen LogP contribution in [0.4, 0.5) is 10.8 Å². The molecule has 170 valence electrons. The quantitative estimate of drug-likeness (QED) is 0.568. The molecule has 2 aromatic rings. The van der Waals surface area contributed by atoms with Crippen LogP contribution in [0.5, 0.6) is 0 Å². The van der Waals surface area contributed by atoms with Gasteiger partial charge >= 0.3 is 0 Å². The van der Waals surface area contributed by atoms with Crippen LogP contribution in [0.3, 0.4) is 0 Å². The first-order valence-corrected chi connectivity index (χ1v) is 13.0. The number of halogens is 1. The van der Waals surface area contributed by atoms with E-state index < -0.39 is 20.2 Å². The van der Waals surface area contributed by atoms with Crippen molar-refractivity contribution in [3.63, 3.8) is 0 Å². The number of rotatable bonds is 7. The first-order valence-electron chi connectivity index (χ1n) is 10.3. The Morgan fingerprint density at radius 3 is 2.56 bits per heavy atom. The van der Waals surface area contributed by atoms with Gasteiger partial charge in [-0.1, -0.05) is 23.7 Å². The summed E-state index contributed by atoms with van der Waals surface area (Å²) < 4.78 is 26.7. The molecular formula is C22H25ClN4O3S2. The van der Waals surface area contributed by atoms with Crippen LogP contribution < -0.4 is 10.0 Å². The molecule has 32 heavy (non-hydrogen) atoms. The smallest absolute Gasteiger partial charge is 0.239 e. The third-order valence-electron chi connectivity index (χ3n) is 6.03. The SMILES string of the molecule is CC(C)(C(=O)Nc1ccc(C2C=NC=C(Cl)C2)cc1)c1csc(NS(=O)(=O)C2(C)CC2)n1. The Balaban J connectivity index is 1.42. The van der Waals surface area contributed by atoms with Crippen molar-refractivity contribution in [3.8, 4) is 0 Å². The van der Waals surface area contributed by atoms with Crippen LogP contribution in [0.2, 0.25) is 0 Å². The molecule has 1 aromatic carbocycles. The summed E-state index contributed by atoms with van der Waals surface area (Å²) >= 11 is 7.26. The minimum atomic E-state index is -3.48. The van der Waals surface area contributed by atoms with E-state index in [9.17, 15) is 13.2 Å². The molecular weight excluding hydrogens is 468 g/mol. The van der Waals surface area contributed by atoms with Gasteiger partial charge in [0.25, 0.3) is 0 Å². The van der Waals surface area contributed by atoms with Crippen LogP contribution in [0, 0.1) is 0 Å². The molecule has 10 heteroatoms. The molecule has 0 bridgehead atoms. The van der Waals surface area contributed by atoms with E-state index in [4.69, 9.17) is 11.6 Å². The maximum absolute atomic E-state index is 13.0. The highest BCUT2D eigenvalue weighted by Gasteiger charge is 2.50. The van der Waals surface area contributed by atoms with E-state index in [2.05, 4.69) is 20.0 Å². The molecule has 1 saturated carbocycles. The third kappa shape index (κ3) is 4.60. The molecule has 1 unspecified atom stereocenters. The number of amides is 1. The first kappa shape index (κ1) is 22.9. The van der Waals surface area contributed by atoms with Gasteiger partial charge in [-0.25, -0.2) is 13.4 Å². The highest BCUT2D eigenvalue weighted by atomic mass is 35.5. The lowest BCUT2D eigenvalue weighted by atomic mass is 9.89. The van der Waals surface area contributed by atoms with Gasteiger partial charge in [-0.05, 0) is 57.7 Å². The number of thiazole rings is 1. The summed E-state index contributed by atoms with van der Waals surface area (Å²) in [5.41, 5.74) is 1.30. The van der Waals surface area contributed by atoms with Crippen molar-refractivity contribution in [2.45, 2.75) is 56.1 Å². The van der Waals surface area contributed by atoms with Crippen molar-refractivity contribution >= 4 is 55.9 Å². The number of sulfonamides is 1. The summed E-state index contributed by atoms with van der Waals surface area (Å²) in [5.74, 6) is -0.117. The molecule has 0 spiro atoms. The van der Waals surface area contributed by atoms with Gasteiger partial charge in [-0.2, -0.15) is 0 Å². The van der Waals surface area contributed by atoms with Crippen molar-refractivity contribution in [2.24, 2.45) is 4.99 Å². The predicted molar refractivity (Wildman–Crippen MR) is 130 cm³/mol. The minimum Gasteiger partial charge on any atom is -0.325 e. The van der Waals surface area contributed by atoms with Crippen LogP contribution in [0.1, 0.15) is 57.2 Å². The Kier molecular flexibility index (Phi) is 5.94. The molecule has 1 fully saturated rings. The fourth-order valence-electron chi connectivity index (χ4n) is 3.26. The Bertz CT molecular complexity index is 1200. The molecule has 0 saturated heterocycles. The molecule has 4 rings (SSSR count).